The number of hydrogen-bond acceptors (Lipinski definition) is 2. The maximum atomic E-state index is 13.5. The summed E-state index contributed by atoms with van der Waals surface area (Å²) in [5.41, 5.74) is 7.53. The predicted octanol–water partition coefficient (Wildman–Crippen LogP) is 5.50. The van der Waals surface area contributed by atoms with E-state index < -0.39 is 5.92 Å². The highest BCUT2D eigenvalue weighted by molar-refractivity contribution is 5.66. The van der Waals surface area contributed by atoms with E-state index in [0.717, 1.165) is 44.5 Å². The highest BCUT2D eigenvalue weighted by Crippen LogP contribution is 2.32. The summed E-state index contributed by atoms with van der Waals surface area (Å²) in [6.07, 6.45) is 3.47. The molecule has 0 bridgehead atoms. The molecule has 130 valence electrons. The topological polar surface area (TPSA) is 29.3 Å². The molecule has 0 radical (unpaired) electrons. The summed E-state index contributed by atoms with van der Waals surface area (Å²) >= 11 is 0. The van der Waals surface area contributed by atoms with Gasteiger partial charge in [0.2, 0.25) is 0 Å². The molecular formula is C19H30F2N2. The minimum atomic E-state index is -2.89. The van der Waals surface area contributed by atoms with Crippen molar-refractivity contribution in [3.05, 3.63) is 35.9 Å². The number of nitrogens with zero attached hydrogens (tertiary/aromatic N) is 1. The molecule has 1 fully saturated rings. The van der Waals surface area contributed by atoms with Crippen molar-refractivity contribution in [3.8, 4) is 0 Å². The van der Waals surface area contributed by atoms with E-state index in [4.69, 9.17) is 5.73 Å². The van der Waals surface area contributed by atoms with Gasteiger partial charge >= 0.3 is 0 Å². The summed E-state index contributed by atoms with van der Waals surface area (Å²) in [4.78, 5) is 2.16. The fourth-order valence-corrected chi connectivity index (χ4v) is 2.53. The molecule has 2 N–H and O–H groups in total. The van der Waals surface area contributed by atoms with Crippen LogP contribution in [0, 0.1) is 5.92 Å². The summed E-state index contributed by atoms with van der Waals surface area (Å²) in [5.74, 6) is -2.17. The molecule has 0 amide bonds. The first-order valence-electron chi connectivity index (χ1n) is 8.42. The second-order valence-corrected chi connectivity index (χ2v) is 6.56. The smallest absolute Gasteiger partial charge is 0.270 e. The number of nitrogens with two attached hydrogens (primary N) is 1. The molecule has 1 aromatic carbocycles. The molecule has 2 nitrogen and oxygen atoms in total. The minimum Gasteiger partial charge on any atom is -0.399 e. The monoisotopic (exact) mass is 324 g/mol. The van der Waals surface area contributed by atoms with Crippen molar-refractivity contribution >= 4 is 11.4 Å². The van der Waals surface area contributed by atoms with Crippen LogP contribution in [-0.4, -0.2) is 18.0 Å². The molecule has 1 saturated heterocycles. The van der Waals surface area contributed by atoms with Crippen LogP contribution in [0.4, 0.5) is 14.5 Å². The number of benzene rings is 1. The van der Waals surface area contributed by atoms with Gasteiger partial charge in [0.1, 0.15) is 0 Å². The van der Waals surface area contributed by atoms with Gasteiger partial charge in [-0.05, 0) is 42.5 Å². The molecule has 0 spiro atoms. The maximum absolute atomic E-state index is 13.5. The third-order valence-electron chi connectivity index (χ3n) is 3.96. The molecule has 1 aliphatic rings. The summed E-state index contributed by atoms with van der Waals surface area (Å²) in [7, 11) is 0. The minimum absolute atomic E-state index is 0.0565. The highest BCUT2D eigenvalue weighted by Gasteiger charge is 2.26. The predicted molar refractivity (Wildman–Crippen MR) is 95.4 cm³/mol. The van der Waals surface area contributed by atoms with Crippen molar-refractivity contribution in [2.24, 2.45) is 5.92 Å². The van der Waals surface area contributed by atoms with Crippen molar-refractivity contribution in [2.75, 3.05) is 18.8 Å². The van der Waals surface area contributed by atoms with Crippen molar-refractivity contribution < 1.29 is 8.78 Å². The largest absolute Gasteiger partial charge is 0.399 e. The Hall–Kier alpha value is -1.58. The van der Waals surface area contributed by atoms with Gasteiger partial charge in [0, 0.05) is 37.0 Å². The first kappa shape index (κ1) is 19.5. The molecule has 0 saturated carbocycles. The van der Waals surface area contributed by atoms with Crippen LogP contribution < -0.4 is 5.73 Å². The summed E-state index contributed by atoms with van der Waals surface area (Å²) in [5, 5.41) is 0. The highest BCUT2D eigenvalue weighted by atomic mass is 19.3. The Morgan fingerprint density at radius 2 is 1.78 bits per heavy atom. The lowest BCUT2D eigenvalue weighted by Crippen LogP contribution is -2.31. The van der Waals surface area contributed by atoms with Gasteiger partial charge in [0.25, 0.3) is 5.92 Å². The van der Waals surface area contributed by atoms with Gasteiger partial charge in [-0.15, -0.1) is 0 Å². The SMILES string of the molecule is C=C(c1cc(N)cc(C(C)(F)F)c1)N1CCC(C)CC1.CCC. The second kappa shape index (κ2) is 8.32. The van der Waals surface area contributed by atoms with Crippen molar-refractivity contribution in [1.82, 2.24) is 4.90 Å². The molecule has 0 atom stereocenters. The van der Waals surface area contributed by atoms with Gasteiger partial charge < -0.3 is 10.6 Å². The van der Waals surface area contributed by atoms with Crippen LogP contribution in [0.2, 0.25) is 0 Å². The van der Waals surface area contributed by atoms with Gasteiger partial charge in [-0.25, -0.2) is 8.78 Å². The van der Waals surface area contributed by atoms with E-state index in [1.165, 1.54) is 18.6 Å². The first-order chi connectivity index (χ1) is 10.7. The van der Waals surface area contributed by atoms with E-state index >= 15 is 0 Å². The lowest BCUT2D eigenvalue weighted by Gasteiger charge is -2.33. The molecule has 1 aliphatic heterocycles. The lowest BCUT2D eigenvalue weighted by atomic mass is 9.97. The first-order valence-corrected chi connectivity index (χ1v) is 8.42. The molecule has 0 aliphatic carbocycles. The number of alkyl halides is 2. The van der Waals surface area contributed by atoms with Crippen LogP contribution in [0.5, 0.6) is 0 Å². The standard InChI is InChI=1S/C16H22F2N2.C3H8/c1-11-4-6-20(7-5-11)12(2)13-8-14(16(3,17)18)10-15(19)9-13;1-3-2/h8-11H,2,4-7,19H2,1,3H3;3H2,1-2H3. The van der Waals surface area contributed by atoms with Crippen molar-refractivity contribution in [1.29, 1.82) is 0 Å². The van der Waals surface area contributed by atoms with Crippen LogP contribution in [0.15, 0.2) is 24.8 Å². The molecular weight excluding hydrogens is 294 g/mol. The van der Waals surface area contributed by atoms with E-state index in [-0.39, 0.29) is 5.56 Å². The molecule has 0 unspecified atom stereocenters. The van der Waals surface area contributed by atoms with Crippen molar-refractivity contribution in [3.63, 3.8) is 0 Å². The Morgan fingerprint density at radius 1 is 1.26 bits per heavy atom. The van der Waals surface area contributed by atoms with Crippen LogP contribution >= 0.6 is 0 Å². The molecule has 1 aromatic rings. The molecule has 0 aromatic heterocycles. The van der Waals surface area contributed by atoms with Gasteiger partial charge in [-0.2, -0.15) is 0 Å². The number of piperidine rings is 1. The molecule has 1 heterocycles. The maximum Gasteiger partial charge on any atom is 0.270 e. The number of hydrogen-bond donors (Lipinski definition) is 1. The Labute approximate surface area is 139 Å². The van der Waals surface area contributed by atoms with E-state index in [0.29, 0.717) is 11.3 Å². The van der Waals surface area contributed by atoms with Crippen molar-refractivity contribution in [2.45, 2.75) is 52.9 Å². The number of likely N-dealkylation sites (tertiary alicyclic amines) is 1. The number of halogens is 2. The number of anilines is 1. The quantitative estimate of drug-likeness (QED) is 0.744. The summed E-state index contributed by atoms with van der Waals surface area (Å²) in [6, 6.07) is 4.54. The third kappa shape index (κ3) is 5.85. The average Bonchev–Trinajstić information content (AvgIpc) is 2.46. The fourth-order valence-electron chi connectivity index (χ4n) is 2.53. The van der Waals surface area contributed by atoms with Gasteiger partial charge in [-0.3, -0.25) is 0 Å². The average molecular weight is 324 g/mol. The van der Waals surface area contributed by atoms with Gasteiger partial charge in [0.05, 0.1) is 0 Å². The van der Waals surface area contributed by atoms with Crippen LogP contribution in [0.3, 0.4) is 0 Å². The Balaban J connectivity index is 0.000000816. The fraction of sp³-hybridized carbons (Fsp3) is 0.579. The molecule has 4 heteroatoms. The lowest BCUT2D eigenvalue weighted by molar-refractivity contribution is 0.0175. The molecule has 23 heavy (non-hydrogen) atoms. The second-order valence-electron chi connectivity index (χ2n) is 6.56. The molecule has 2 rings (SSSR count). The van der Waals surface area contributed by atoms with E-state index in [2.05, 4.69) is 32.3 Å². The Morgan fingerprint density at radius 3 is 2.26 bits per heavy atom. The third-order valence-corrected chi connectivity index (χ3v) is 3.96. The zero-order chi connectivity index (χ0) is 17.6. The normalized spacial score (nSPS) is 15.8. The number of nitrogen functional groups attached to an aromatic ring is 1. The Bertz CT molecular complexity index is 513. The van der Waals surface area contributed by atoms with E-state index in [1.54, 1.807) is 6.07 Å². The van der Waals surface area contributed by atoms with Gasteiger partial charge in [-0.1, -0.05) is 33.8 Å². The van der Waals surface area contributed by atoms with Crippen LogP contribution in [0.25, 0.3) is 5.70 Å². The van der Waals surface area contributed by atoms with E-state index in [1.807, 2.05) is 0 Å². The number of rotatable bonds is 3. The van der Waals surface area contributed by atoms with E-state index in [9.17, 15) is 8.78 Å². The van der Waals surface area contributed by atoms with Gasteiger partial charge in [0.15, 0.2) is 0 Å². The summed E-state index contributed by atoms with van der Waals surface area (Å²) < 4.78 is 26.9. The van der Waals surface area contributed by atoms with Crippen LogP contribution in [-0.2, 0) is 5.92 Å². The Kier molecular flexibility index (Phi) is 7.04. The van der Waals surface area contributed by atoms with Crippen LogP contribution in [0.1, 0.15) is 58.1 Å². The zero-order valence-electron chi connectivity index (χ0n) is 14.8. The zero-order valence-corrected chi connectivity index (χ0v) is 14.8. The summed E-state index contributed by atoms with van der Waals surface area (Å²) in [6.45, 7) is 13.3.